The average molecular weight is 341 g/mol. The fourth-order valence-corrected chi connectivity index (χ4v) is 2.90. The molecule has 1 fully saturated rings. The van der Waals surface area contributed by atoms with Gasteiger partial charge in [0.25, 0.3) is 0 Å². The standard InChI is InChI=1S/C18H28N2O2.ClH/c1-18(19,15-9-5-4-6-10-15)17(21)20-13-14-22-16-11-7-2-3-8-12-16;/h4-6,9-10,16H,2-3,7-8,11-14,19H2,1H3,(H,20,21);1H. The van der Waals surface area contributed by atoms with Crippen LogP contribution in [0.5, 0.6) is 0 Å². The molecule has 2 rings (SSSR count). The molecular weight excluding hydrogens is 312 g/mol. The summed E-state index contributed by atoms with van der Waals surface area (Å²) in [4.78, 5) is 12.3. The van der Waals surface area contributed by atoms with Crippen LogP contribution >= 0.6 is 12.4 Å². The van der Waals surface area contributed by atoms with Gasteiger partial charge in [-0.1, -0.05) is 56.0 Å². The van der Waals surface area contributed by atoms with Crippen molar-refractivity contribution >= 4 is 18.3 Å². The summed E-state index contributed by atoms with van der Waals surface area (Å²) in [6.45, 7) is 2.81. The summed E-state index contributed by atoms with van der Waals surface area (Å²) >= 11 is 0. The van der Waals surface area contributed by atoms with Crippen molar-refractivity contribution in [2.45, 2.75) is 57.1 Å². The van der Waals surface area contributed by atoms with Gasteiger partial charge in [-0.15, -0.1) is 12.4 Å². The molecule has 1 aliphatic rings. The number of nitrogens with two attached hydrogens (primary N) is 1. The quantitative estimate of drug-likeness (QED) is 0.617. The van der Waals surface area contributed by atoms with E-state index < -0.39 is 5.54 Å². The van der Waals surface area contributed by atoms with Crippen LogP contribution in [0.25, 0.3) is 0 Å². The maximum Gasteiger partial charge on any atom is 0.244 e. The van der Waals surface area contributed by atoms with E-state index in [2.05, 4.69) is 5.32 Å². The summed E-state index contributed by atoms with van der Waals surface area (Å²) in [7, 11) is 0. The fraction of sp³-hybridized carbons (Fsp3) is 0.611. The first-order chi connectivity index (χ1) is 10.6. The van der Waals surface area contributed by atoms with Gasteiger partial charge >= 0.3 is 0 Å². The SMILES string of the molecule is CC(N)(C(=O)NCCOC1CCCCCC1)c1ccccc1.Cl. The van der Waals surface area contributed by atoms with Crippen molar-refractivity contribution in [3.63, 3.8) is 0 Å². The summed E-state index contributed by atoms with van der Waals surface area (Å²) in [5, 5.41) is 2.89. The maximum absolute atomic E-state index is 12.3. The molecular formula is C18H29ClN2O2. The van der Waals surface area contributed by atoms with Crippen LogP contribution in [0.4, 0.5) is 0 Å². The van der Waals surface area contributed by atoms with Crippen molar-refractivity contribution in [3.05, 3.63) is 35.9 Å². The van der Waals surface area contributed by atoms with Crippen LogP contribution in [0, 0.1) is 0 Å². The number of benzene rings is 1. The highest BCUT2D eigenvalue weighted by Gasteiger charge is 2.29. The number of hydrogen-bond acceptors (Lipinski definition) is 3. The molecule has 130 valence electrons. The highest BCUT2D eigenvalue weighted by atomic mass is 35.5. The van der Waals surface area contributed by atoms with Crippen molar-refractivity contribution in [2.75, 3.05) is 13.2 Å². The lowest BCUT2D eigenvalue weighted by molar-refractivity contribution is -0.126. The molecule has 0 bridgehead atoms. The third-order valence-corrected chi connectivity index (χ3v) is 4.39. The van der Waals surface area contributed by atoms with E-state index in [0.29, 0.717) is 19.3 Å². The molecule has 1 saturated carbocycles. The number of nitrogens with one attached hydrogen (secondary N) is 1. The van der Waals surface area contributed by atoms with E-state index in [0.717, 1.165) is 18.4 Å². The lowest BCUT2D eigenvalue weighted by Crippen LogP contribution is -2.49. The molecule has 0 aromatic heterocycles. The predicted molar refractivity (Wildman–Crippen MR) is 95.7 cm³/mol. The Bertz CT molecular complexity index is 457. The zero-order chi connectivity index (χ0) is 15.8. The number of amides is 1. The van der Waals surface area contributed by atoms with E-state index in [-0.39, 0.29) is 18.3 Å². The van der Waals surface area contributed by atoms with Crippen LogP contribution in [-0.4, -0.2) is 25.2 Å². The normalized spacial score (nSPS) is 18.3. The molecule has 1 unspecified atom stereocenters. The summed E-state index contributed by atoms with van der Waals surface area (Å²) in [5.41, 5.74) is 5.98. The van der Waals surface area contributed by atoms with Crippen molar-refractivity contribution in [3.8, 4) is 0 Å². The molecule has 1 aliphatic carbocycles. The maximum atomic E-state index is 12.3. The third kappa shape index (κ3) is 6.13. The number of hydrogen-bond donors (Lipinski definition) is 2. The van der Waals surface area contributed by atoms with Crippen LogP contribution in [-0.2, 0) is 15.1 Å². The van der Waals surface area contributed by atoms with Gasteiger partial charge in [0.1, 0.15) is 5.54 Å². The van der Waals surface area contributed by atoms with Gasteiger partial charge in [-0.3, -0.25) is 4.79 Å². The second-order valence-electron chi connectivity index (χ2n) is 6.31. The van der Waals surface area contributed by atoms with Crippen LogP contribution < -0.4 is 11.1 Å². The molecule has 0 saturated heterocycles. The molecule has 0 spiro atoms. The Morgan fingerprint density at radius 2 is 1.83 bits per heavy atom. The van der Waals surface area contributed by atoms with E-state index in [9.17, 15) is 4.79 Å². The van der Waals surface area contributed by atoms with Gasteiger partial charge in [-0.05, 0) is 25.3 Å². The van der Waals surface area contributed by atoms with Crippen LogP contribution in [0.15, 0.2) is 30.3 Å². The molecule has 0 aliphatic heterocycles. The summed E-state index contributed by atoms with van der Waals surface area (Å²) < 4.78 is 5.88. The zero-order valence-electron chi connectivity index (χ0n) is 13.9. The average Bonchev–Trinajstić information content (AvgIpc) is 2.81. The van der Waals surface area contributed by atoms with Gasteiger partial charge < -0.3 is 15.8 Å². The van der Waals surface area contributed by atoms with Crippen molar-refractivity contribution in [2.24, 2.45) is 5.73 Å². The van der Waals surface area contributed by atoms with Gasteiger partial charge in [-0.25, -0.2) is 0 Å². The smallest absolute Gasteiger partial charge is 0.244 e. The Balaban J connectivity index is 0.00000264. The second-order valence-corrected chi connectivity index (χ2v) is 6.31. The Morgan fingerprint density at radius 1 is 1.22 bits per heavy atom. The van der Waals surface area contributed by atoms with Gasteiger partial charge in [0.05, 0.1) is 12.7 Å². The van der Waals surface area contributed by atoms with E-state index in [1.165, 1.54) is 25.7 Å². The Labute approximate surface area is 145 Å². The van der Waals surface area contributed by atoms with Crippen LogP contribution in [0.1, 0.15) is 51.0 Å². The number of rotatable bonds is 6. The van der Waals surface area contributed by atoms with Crippen molar-refractivity contribution < 1.29 is 9.53 Å². The van der Waals surface area contributed by atoms with Crippen molar-refractivity contribution in [1.29, 1.82) is 0 Å². The largest absolute Gasteiger partial charge is 0.376 e. The van der Waals surface area contributed by atoms with E-state index in [4.69, 9.17) is 10.5 Å². The van der Waals surface area contributed by atoms with Gasteiger partial charge in [0.2, 0.25) is 5.91 Å². The lowest BCUT2D eigenvalue weighted by Gasteiger charge is -2.24. The predicted octanol–water partition coefficient (Wildman–Crippen LogP) is 3.14. The molecule has 0 heterocycles. The van der Waals surface area contributed by atoms with Crippen LogP contribution in [0.2, 0.25) is 0 Å². The zero-order valence-corrected chi connectivity index (χ0v) is 14.7. The minimum atomic E-state index is -1.01. The third-order valence-electron chi connectivity index (χ3n) is 4.39. The van der Waals surface area contributed by atoms with Crippen LogP contribution in [0.3, 0.4) is 0 Å². The van der Waals surface area contributed by atoms with Gasteiger partial charge in [0.15, 0.2) is 0 Å². The Morgan fingerprint density at radius 3 is 2.43 bits per heavy atom. The first-order valence-electron chi connectivity index (χ1n) is 8.35. The van der Waals surface area contributed by atoms with Gasteiger partial charge in [-0.2, -0.15) is 0 Å². The molecule has 1 aromatic carbocycles. The number of carbonyl (C=O) groups is 1. The van der Waals surface area contributed by atoms with Gasteiger partial charge in [0, 0.05) is 6.54 Å². The Hall–Kier alpha value is -1.10. The minimum Gasteiger partial charge on any atom is -0.376 e. The molecule has 5 heteroatoms. The monoisotopic (exact) mass is 340 g/mol. The number of carbonyl (C=O) groups excluding carboxylic acids is 1. The Kier molecular flexibility index (Phi) is 8.59. The molecule has 1 aromatic rings. The fourth-order valence-electron chi connectivity index (χ4n) is 2.90. The summed E-state index contributed by atoms with van der Waals surface area (Å²) in [6.07, 6.45) is 7.80. The van der Waals surface area contributed by atoms with E-state index in [1.54, 1.807) is 6.92 Å². The lowest BCUT2D eigenvalue weighted by atomic mass is 9.92. The molecule has 23 heavy (non-hydrogen) atoms. The molecule has 3 N–H and O–H groups in total. The summed E-state index contributed by atoms with van der Waals surface area (Å²) in [5.74, 6) is -0.164. The first kappa shape index (κ1) is 19.9. The number of halogens is 1. The minimum absolute atomic E-state index is 0. The summed E-state index contributed by atoms with van der Waals surface area (Å²) in [6, 6.07) is 9.45. The first-order valence-corrected chi connectivity index (χ1v) is 8.35. The highest BCUT2D eigenvalue weighted by molar-refractivity contribution is 5.86. The van der Waals surface area contributed by atoms with Crippen molar-refractivity contribution in [1.82, 2.24) is 5.32 Å². The molecule has 0 radical (unpaired) electrons. The topological polar surface area (TPSA) is 64.4 Å². The van der Waals surface area contributed by atoms with E-state index >= 15 is 0 Å². The highest BCUT2D eigenvalue weighted by Crippen LogP contribution is 2.20. The molecule has 4 nitrogen and oxygen atoms in total. The molecule has 1 amide bonds. The van der Waals surface area contributed by atoms with E-state index in [1.807, 2.05) is 30.3 Å². The number of ether oxygens (including phenoxy) is 1. The second kappa shape index (κ2) is 9.91. The molecule has 1 atom stereocenters.